The van der Waals surface area contributed by atoms with Crippen molar-refractivity contribution in [2.24, 2.45) is 33.6 Å². The summed E-state index contributed by atoms with van der Waals surface area (Å²) in [6.07, 6.45) is 11.8. The maximum absolute atomic E-state index is 6.14. The Morgan fingerprint density at radius 1 is 0.950 bits per heavy atom. The zero-order valence-electron chi connectivity index (χ0n) is 13.0. The first-order chi connectivity index (χ1) is 9.50. The monoisotopic (exact) mass is 273 g/mol. The minimum atomic E-state index is 0.0210. The summed E-state index contributed by atoms with van der Waals surface area (Å²) in [6.45, 7) is 5.24. The van der Waals surface area contributed by atoms with Gasteiger partial charge in [-0.1, -0.05) is 0 Å². The van der Waals surface area contributed by atoms with Crippen LogP contribution in [-0.2, 0) is 4.74 Å². The summed E-state index contributed by atoms with van der Waals surface area (Å²) < 4.78 is 6.14. The molecule has 2 heteroatoms. The number of nitrogens with zero attached hydrogens (tertiary/aromatic N) is 1. The summed E-state index contributed by atoms with van der Waals surface area (Å²) in [7, 11) is 0. The summed E-state index contributed by atoms with van der Waals surface area (Å²) in [6, 6.07) is 0. The first kappa shape index (κ1) is 12.1. The Morgan fingerprint density at radius 3 is 1.90 bits per heavy atom. The molecule has 1 heterocycles. The predicted molar refractivity (Wildman–Crippen MR) is 79.7 cm³/mol. The summed E-state index contributed by atoms with van der Waals surface area (Å²) >= 11 is 0. The van der Waals surface area contributed by atoms with Crippen LogP contribution in [0.1, 0.15) is 65.2 Å². The summed E-state index contributed by atoms with van der Waals surface area (Å²) in [5.74, 6) is 4.28. The summed E-state index contributed by atoms with van der Waals surface area (Å²) in [5, 5.41) is 0. The van der Waals surface area contributed by atoms with E-state index in [0.717, 1.165) is 24.4 Å². The van der Waals surface area contributed by atoms with Gasteiger partial charge in [0.15, 0.2) is 5.90 Å². The van der Waals surface area contributed by atoms with Crippen LogP contribution in [0, 0.1) is 28.6 Å². The molecule has 0 spiro atoms. The van der Waals surface area contributed by atoms with Crippen molar-refractivity contribution in [1.82, 2.24) is 0 Å². The van der Waals surface area contributed by atoms with E-state index in [2.05, 4.69) is 13.8 Å². The van der Waals surface area contributed by atoms with Gasteiger partial charge in [0, 0.05) is 0 Å². The normalized spacial score (nSPS) is 49.9. The molecular weight excluding hydrogens is 246 g/mol. The van der Waals surface area contributed by atoms with Gasteiger partial charge in [-0.3, -0.25) is 0 Å². The standard InChI is InChI=1S/C18H27NO/c1-16(2)11-20-15(19-16)18(3-4-18)17-8-12-5-13(9-17)7-14(6-12)10-17/h12-14H,3-11H2,1-2H3. The zero-order valence-corrected chi connectivity index (χ0v) is 13.0. The quantitative estimate of drug-likeness (QED) is 0.739. The maximum atomic E-state index is 6.14. The molecule has 0 aromatic rings. The van der Waals surface area contributed by atoms with Crippen molar-refractivity contribution in [2.75, 3.05) is 6.61 Å². The number of hydrogen-bond acceptors (Lipinski definition) is 2. The van der Waals surface area contributed by atoms with Gasteiger partial charge in [-0.25, -0.2) is 4.99 Å². The van der Waals surface area contributed by atoms with Gasteiger partial charge in [0.25, 0.3) is 0 Å². The smallest absolute Gasteiger partial charge is 0.190 e. The molecule has 1 aliphatic heterocycles. The molecule has 0 saturated heterocycles. The van der Waals surface area contributed by atoms with Crippen molar-refractivity contribution in [1.29, 1.82) is 0 Å². The molecule has 5 aliphatic carbocycles. The molecule has 0 aromatic carbocycles. The number of aliphatic imine (C=N–C) groups is 1. The third-order valence-corrected chi connectivity index (χ3v) is 7.18. The van der Waals surface area contributed by atoms with E-state index in [-0.39, 0.29) is 5.54 Å². The van der Waals surface area contributed by atoms with E-state index in [1.54, 1.807) is 0 Å². The predicted octanol–water partition coefficient (Wildman–Crippen LogP) is 4.19. The van der Waals surface area contributed by atoms with Gasteiger partial charge in [-0.2, -0.15) is 0 Å². The molecule has 6 aliphatic rings. The molecule has 5 saturated carbocycles. The highest BCUT2D eigenvalue weighted by Gasteiger charge is 2.68. The first-order valence-corrected chi connectivity index (χ1v) is 8.74. The SMILES string of the molecule is CC1(C)COC(C2(C34CC5CC(CC(C5)C3)C4)CC2)=N1. The Hall–Kier alpha value is -0.530. The molecule has 5 fully saturated rings. The number of rotatable bonds is 2. The molecule has 0 amide bonds. The van der Waals surface area contributed by atoms with E-state index < -0.39 is 0 Å². The third kappa shape index (κ3) is 1.43. The highest BCUT2D eigenvalue weighted by molar-refractivity contribution is 5.88. The second-order valence-electron chi connectivity index (χ2n) is 9.30. The molecule has 0 atom stereocenters. The topological polar surface area (TPSA) is 21.6 Å². The van der Waals surface area contributed by atoms with Crippen LogP contribution in [0.15, 0.2) is 4.99 Å². The molecule has 6 rings (SSSR count). The van der Waals surface area contributed by atoms with Crippen molar-refractivity contribution >= 4 is 5.90 Å². The van der Waals surface area contributed by atoms with Crippen LogP contribution in [0.25, 0.3) is 0 Å². The minimum absolute atomic E-state index is 0.0210. The van der Waals surface area contributed by atoms with Crippen LogP contribution in [0.2, 0.25) is 0 Å². The highest BCUT2D eigenvalue weighted by atomic mass is 16.5. The average Bonchev–Trinajstić information content (AvgIpc) is 3.08. The largest absolute Gasteiger partial charge is 0.478 e. The van der Waals surface area contributed by atoms with Crippen molar-refractivity contribution in [3.63, 3.8) is 0 Å². The number of hydrogen-bond donors (Lipinski definition) is 0. The molecule has 0 aromatic heterocycles. The lowest BCUT2D eigenvalue weighted by atomic mass is 9.45. The molecule has 4 bridgehead atoms. The van der Waals surface area contributed by atoms with E-state index in [9.17, 15) is 0 Å². The summed E-state index contributed by atoms with van der Waals surface area (Å²) in [5.41, 5.74) is 0.977. The van der Waals surface area contributed by atoms with Crippen LogP contribution >= 0.6 is 0 Å². The fraction of sp³-hybridized carbons (Fsp3) is 0.944. The van der Waals surface area contributed by atoms with Gasteiger partial charge in [0.05, 0.1) is 11.0 Å². The lowest BCUT2D eigenvalue weighted by Crippen LogP contribution is -2.52. The van der Waals surface area contributed by atoms with Crippen molar-refractivity contribution in [2.45, 2.75) is 70.8 Å². The van der Waals surface area contributed by atoms with Gasteiger partial charge in [-0.05, 0) is 88.4 Å². The zero-order chi connectivity index (χ0) is 13.6. The fourth-order valence-corrected chi connectivity index (χ4v) is 6.62. The maximum Gasteiger partial charge on any atom is 0.190 e. The lowest BCUT2D eigenvalue weighted by Gasteiger charge is -2.59. The second kappa shape index (κ2) is 3.44. The van der Waals surface area contributed by atoms with E-state index in [1.165, 1.54) is 57.3 Å². The second-order valence-corrected chi connectivity index (χ2v) is 9.30. The molecule has 0 radical (unpaired) electrons. The van der Waals surface area contributed by atoms with Gasteiger partial charge in [-0.15, -0.1) is 0 Å². The molecule has 0 unspecified atom stereocenters. The molecule has 2 nitrogen and oxygen atoms in total. The minimum Gasteiger partial charge on any atom is -0.478 e. The Bertz CT molecular complexity index is 450. The fourth-order valence-electron chi connectivity index (χ4n) is 6.62. The van der Waals surface area contributed by atoms with Crippen LogP contribution in [-0.4, -0.2) is 18.0 Å². The Balaban J connectivity index is 1.53. The molecule has 20 heavy (non-hydrogen) atoms. The van der Waals surface area contributed by atoms with Gasteiger partial charge >= 0.3 is 0 Å². The van der Waals surface area contributed by atoms with E-state index in [0.29, 0.717) is 10.8 Å². The Labute approximate surface area is 122 Å². The van der Waals surface area contributed by atoms with Crippen LogP contribution in [0.5, 0.6) is 0 Å². The Kier molecular flexibility index (Phi) is 2.08. The van der Waals surface area contributed by atoms with E-state index >= 15 is 0 Å². The average molecular weight is 273 g/mol. The van der Waals surface area contributed by atoms with Crippen LogP contribution in [0.3, 0.4) is 0 Å². The van der Waals surface area contributed by atoms with E-state index in [1.807, 2.05) is 0 Å². The number of ether oxygens (including phenoxy) is 1. The Morgan fingerprint density at radius 2 is 1.50 bits per heavy atom. The highest BCUT2D eigenvalue weighted by Crippen LogP contribution is 2.73. The molecule has 110 valence electrons. The van der Waals surface area contributed by atoms with Crippen molar-refractivity contribution in [3.05, 3.63) is 0 Å². The van der Waals surface area contributed by atoms with Crippen LogP contribution in [0.4, 0.5) is 0 Å². The van der Waals surface area contributed by atoms with Gasteiger partial charge < -0.3 is 4.74 Å². The van der Waals surface area contributed by atoms with E-state index in [4.69, 9.17) is 9.73 Å². The lowest BCUT2D eigenvalue weighted by molar-refractivity contribution is -0.0830. The summed E-state index contributed by atoms with van der Waals surface area (Å²) in [4.78, 5) is 5.01. The first-order valence-electron chi connectivity index (χ1n) is 8.74. The molecular formula is C18H27NO. The molecule has 0 N–H and O–H groups in total. The van der Waals surface area contributed by atoms with Crippen molar-refractivity contribution in [3.8, 4) is 0 Å². The van der Waals surface area contributed by atoms with Gasteiger partial charge in [0.2, 0.25) is 0 Å². The van der Waals surface area contributed by atoms with Gasteiger partial charge in [0.1, 0.15) is 6.61 Å². The van der Waals surface area contributed by atoms with Crippen molar-refractivity contribution < 1.29 is 4.74 Å². The third-order valence-electron chi connectivity index (χ3n) is 7.18. The van der Waals surface area contributed by atoms with Crippen LogP contribution < -0.4 is 0 Å².